The van der Waals surface area contributed by atoms with Crippen LogP contribution in [0.3, 0.4) is 0 Å². The number of benzene rings is 2. The van der Waals surface area contributed by atoms with Gasteiger partial charge < -0.3 is 15.0 Å². The maximum atomic E-state index is 12.9. The maximum absolute atomic E-state index is 12.9. The Kier molecular flexibility index (Phi) is 9.14. The fourth-order valence-corrected chi connectivity index (χ4v) is 4.36. The molecule has 0 saturated heterocycles. The second kappa shape index (κ2) is 11.3. The summed E-state index contributed by atoms with van der Waals surface area (Å²) in [5.41, 5.74) is 1.71. The van der Waals surface area contributed by atoms with E-state index in [1.54, 1.807) is 44.2 Å². The van der Waals surface area contributed by atoms with Gasteiger partial charge in [-0.2, -0.15) is 0 Å². The molecule has 0 unspecified atom stereocenters. The molecule has 2 amide bonds. The minimum Gasteiger partial charge on any atom is -0.497 e. The summed E-state index contributed by atoms with van der Waals surface area (Å²) >= 11 is 13.8. The molecule has 0 saturated carbocycles. The number of carbonyl (C=O) groups excluding carboxylic acids is 2. The van der Waals surface area contributed by atoms with Gasteiger partial charge in [-0.1, -0.05) is 41.4 Å². The van der Waals surface area contributed by atoms with Crippen molar-refractivity contribution in [1.29, 1.82) is 0 Å². The summed E-state index contributed by atoms with van der Waals surface area (Å²) in [6.45, 7) is 2.04. The van der Waals surface area contributed by atoms with E-state index in [1.807, 2.05) is 24.3 Å². The van der Waals surface area contributed by atoms with Crippen molar-refractivity contribution in [2.45, 2.75) is 25.3 Å². The Labute approximate surface area is 185 Å². The molecule has 1 atom stereocenters. The van der Waals surface area contributed by atoms with Gasteiger partial charge in [0.25, 0.3) is 0 Å². The number of hydrogen-bond donors (Lipinski definition) is 1. The molecule has 0 heterocycles. The van der Waals surface area contributed by atoms with E-state index in [4.69, 9.17) is 27.9 Å². The number of methoxy groups -OCH3 is 1. The SMILES string of the molecule is CNC(=O)[C@H](C)N(Cc1ccc(OC)cc1)C(=O)CSCc1c(Cl)cccc1Cl. The maximum Gasteiger partial charge on any atom is 0.242 e. The Morgan fingerprint density at radius 2 is 1.76 bits per heavy atom. The van der Waals surface area contributed by atoms with Gasteiger partial charge in [-0.05, 0) is 42.3 Å². The molecule has 0 aromatic heterocycles. The van der Waals surface area contributed by atoms with E-state index >= 15 is 0 Å². The van der Waals surface area contributed by atoms with Crippen LogP contribution >= 0.6 is 35.0 Å². The highest BCUT2D eigenvalue weighted by molar-refractivity contribution is 7.99. The first-order valence-corrected chi connectivity index (χ1v) is 10.9. The largest absolute Gasteiger partial charge is 0.497 e. The number of nitrogens with zero attached hydrogens (tertiary/aromatic N) is 1. The highest BCUT2D eigenvalue weighted by Crippen LogP contribution is 2.28. The molecule has 29 heavy (non-hydrogen) atoms. The van der Waals surface area contributed by atoms with Crippen LogP contribution in [0.5, 0.6) is 5.75 Å². The van der Waals surface area contributed by atoms with Crippen LogP contribution in [0.2, 0.25) is 10.0 Å². The molecular formula is C21H24Cl2N2O3S. The third-order valence-electron chi connectivity index (χ3n) is 4.46. The van der Waals surface area contributed by atoms with E-state index in [2.05, 4.69) is 5.32 Å². The van der Waals surface area contributed by atoms with Gasteiger partial charge >= 0.3 is 0 Å². The van der Waals surface area contributed by atoms with Crippen molar-refractivity contribution in [1.82, 2.24) is 10.2 Å². The molecule has 0 aliphatic rings. The summed E-state index contributed by atoms with van der Waals surface area (Å²) in [7, 11) is 3.16. The quantitative estimate of drug-likeness (QED) is 0.609. The Bertz CT molecular complexity index is 826. The first-order valence-electron chi connectivity index (χ1n) is 9.02. The Hall–Kier alpha value is -1.89. The Morgan fingerprint density at radius 1 is 1.14 bits per heavy atom. The lowest BCUT2D eigenvalue weighted by atomic mass is 10.1. The minimum absolute atomic E-state index is 0.134. The molecule has 2 rings (SSSR count). The number of rotatable bonds is 9. The van der Waals surface area contributed by atoms with Crippen molar-refractivity contribution in [3.05, 3.63) is 63.6 Å². The van der Waals surface area contributed by atoms with Gasteiger partial charge in [0.1, 0.15) is 11.8 Å². The summed E-state index contributed by atoms with van der Waals surface area (Å²) in [5.74, 6) is 1.10. The van der Waals surface area contributed by atoms with Gasteiger partial charge in [-0.3, -0.25) is 9.59 Å². The molecule has 0 aliphatic heterocycles. The van der Waals surface area contributed by atoms with Crippen LogP contribution in [0.25, 0.3) is 0 Å². The van der Waals surface area contributed by atoms with Crippen LogP contribution in [0.15, 0.2) is 42.5 Å². The van der Waals surface area contributed by atoms with Gasteiger partial charge in [0.05, 0.1) is 12.9 Å². The number of nitrogens with one attached hydrogen (secondary N) is 1. The lowest BCUT2D eigenvalue weighted by Crippen LogP contribution is -2.47. The predicted molar refractivity (Wildman–Crippen MR) is 120 cm³/mol. The van der Waals surface area contributed by atoms with Gasteiger partial charge in [0.15, 0.2) is 0 Å². The van der Waals surface area contributed by atoms with Gasteiger partial charge in [0.2, 0.25) is 11.8 Å². The zero-order valence-electron chi connectivity index (χ0n) is 16.6. The molecule has 0 spiro atoms. The summed E-state index contributed by atoms with van der Waals surface area (Å²) in [4.78, 5) is 26.7. The normalized spacial score (nSPS) is 11.6. The van der Waals surface area contributed by atoms with Crippen LogP contribution in [-0.2, 0) is 21.9 Å². The number of ether oxygens (including phenoxy) is 1. The van der Waals surface area contributed by atoms with Crippen LogP contribution in [0, 0.1) is 0 Å². The summed E-state index contributed by atoms with van der Waals surface area (Å²) in [6.07, 6.45) is 0. The van der Waals surface area contributed by atoms with E-state index < -0.39 is 6.04 Å². The third kappa shape index (κ3) is 6.56. The summed E-state index contributed by atoms with van der Waals surface area (Å²) < 4.78 is 5.17. The van der Waals surface area contributed by atoms with Crippen LogP contribution in [0.1, 0.15) is 18.1 Å². The average Bonchev–Trinajstić information content (AvgIpc) is 2.73. The smallest absolute Gasteiger partial charge is 0.242 e. The second-order valence-corrected chi connectivity index (χ2v) is 8.15. The fraction of sp³-hybridized carbons (Fsp3) is 0.333. The van der Waals surface area contributed by atoms with Crippen molar-refractivity contribution in [3.8, 4) is 5.75 Å². The van der Waals surface area contributed by atoms with Gasteiger partial charge in [-0.15, -0.1) is 11.8 Å². The van der Waals surface area contributed by atoms with E-state index in [1.165, 1.54) is 11.8 Å². The average molecular weight is 455 g/mol. The molecule has 0 radical (unpaired) electrons. The van der Waals surface area contributed by atoms with Crippen molar-refractivity contribution >= 4 is 46.8 Å². The standard InChI is InChI=1S/C21H24Cl2N2O3S/c1-14(21(27)24-2)25(11-15-7-9-16(28-3)10-8-15)20(26)13-29-12-17-18(22)5-4-6-19(17)23/h4-10,14H,11-13H2,1-3H3,(H,24,27)/t14-/m0/s1. The van der Waals surface area contributed by atoms with E-state index in [0.717, 1.165) is 16.9 Å². The topological polar surface area (TPSA) is 58.6 Å². The van der Waals surface area contributed by atoms with Crippen molar-refractivity contribution in [3.63, 3.8) is 0 Å². The van der Waals surface area contributed by atoms with Crippen LogP contribution in [-0.4, -0.2) is 42.7 Å². The predicted octanol–water partition coefficient (Wildman–Crippen LogP) is 4.40. The molecule has 0 bridgehead atoms. The Morgan fingerprint density at radius 3 is 2.31 bits per heavy atom. The lowest BCUT2D eigenvalue weighted by Gasteiger charge is -2.28. The van der Waals surface area contributed by atoms with Gasteiger partial charge in [-0.25, -0.2) is 0 Å². The highest BCUT2D eigenvalue weighted by atomic mass is 35.5. The van der Waals surface area contributed by atoms with Crippen LogP contribution in [0.4, 0.5) is 0 Å². The van der Waals surface area contributed by atoms with E-state index in [9.17, 15) is 9.59 Å². The molecule has 156 valence electrons. The van der Waals surface area contributed by atoms with Crippen molar-refractivity contribution in [2.24, 2.45) is 0 Å². The number of hydrogen-bond acceptors (Lipinski definition) is 4. The summed E-state index contributed by atoms with van der Waals surface area (Å²) in [6, 6.07) is 12.2. The number of amides is 2. The number of thioether (sulfide) groups is 1. The Balaban J connectivity index is 2.08. The first-order chi connectivity index (χ1) is 13.9. The second-order valence-electron chi connectivity index (χ2n) is 6.35. The van der Waals surface area contributed by atoms with Crippen molar-refractivity contribution < 1.29 is 14.3 Å². The van der Waals surface area contributed by atoms with Crippen molar-refractivity contribution in [2.75, 3.05) is 19.9 Å². The molecule has 5 nitrogen and oxygen atoms in total. The third-order valence-corrected chi connectivity index (χ3v) is 6.11. The molecule has 0 fully saturated rings. The molecular weight excluding hydrogens is 431 g/mol. The molecule has 1 N–H and O–H groups in total. The molecule has 0 aliphatic carbocycles. The lowest BCUT2D eigenvalue weighted by molar-refractivity contribution is -0.138. The zero-order chi connectivity index (χ0) is 21.4. The molecule has 2 aromatic rings. The highest BCUT2D eigenvalue weighted by Gasteiger charge is 2.25. The fourth-order valence-electron chi connectivity index (χ4n) is 2.71. The number of likely N-dealkylation sites (N-methyl/N-ethyl adjacent to an activating group) is 1. The van der Waals surface area contributed by atoms with E-state index in [0.29, 0.717) is 22.3 Å². The number of carbonyl (C=O) groups is 2. The summed E-state index contributed by atoms with van der Waals surface area (Å²) in [5, 5.41) is 3.76. The molecule has 2 aromatic carbocycles. The van der Waals surface area contributed by atoms with Crippen LogP contribution < -0.4 is 10.1 Å². The minimum atomic E-state index is -0.598. The first kappa shape index (κ1) is 23.4. The molecule has 8 heteroatoms. The van der Waals surface area contributed by atoms with E-state index in [-0.39, 0.29) is 17.6 Å². The monoisotopic (exact) mass is 454 g/mol. The zero-order valence-corrected chi connectivity index (χ0v) is 18.9. The number of halogens is 2. The van der Waals surface area contributed by atoms with Gasteiger partial charge in [0, 0.05) is 29.4 Å².